The van der Waals surface area contributed by atoms with Gasteiger partial charge in [0, 0.05) is 19.3 Å². The number of allylic oxidation sites excluding steroid dienone is 14. The van der Waals surface area contributed by atoms with Crippen LogP contribution in [0.1, 0.15) is 252 Å². The SMILES string of the molecule is CC/C=C\C/C=C\C/C=C\C/C=C\C/C=C\CCCCCCCC(=O)OCC(COC(=O)CCCCCCC/C=C\CCCCC)OC(=O)CCCCCCC/C=C\CCCCCCC. The fourth-order valence-electron chi connectivity index (χ4n) is 7.28. The van der Waals surface area contributed by atoms with Crippen molar-refractivity contribution in [3.05, 3.63) is 85.1 Å². The summed E-state index contributed by atoms with van der Waals surface area (Å²) in [5, 5.41) is 0. The molecule has 0 aromatic rings. The van der Waals surface area contributed by atoms with E-state index in [0.717, 1.165) is 128 Å². The summed E-state index contributed by atoms with van der Waals surface area (Å²) in [5.74, 6) is -0.926. The molecule has 6 heteroatoms. The van der Waals surface area contributed by atoms with E-state index >= 15 is 0 Å². The minimum Gasteiger partial charge on any atom is -0.462 e. The molecule has 0 aliphatic carbocycles. The average Bonchev–Trinajstić information content (AvgIpc) is 3.30. The molecule has 0 N–H and O–H groups in total. The Morgan fingerprint density at radius 3 is 0.985 bits per heavy atom. The third kappa shape index (κ3) is 51.4. The zero-order valence-corrected chi connectivity index (χ0v) is 42.5. The summed E-state index contributed by atoms with van der Waals surface area (Å²) >= 11 is 0. The molecule has 0 aromatic heterocycles. The van der Waals surface area contributed by atoms with Crippen LogP contribution in [-0.2, 0) is 28.6 Å². The molecule has 0 amide bonds. The monoisotopic (exact) mass is 905 g/mol. The summed E-state index contributed by atoms with van der Waals surface area (Å²) in [6.07, 6.45) is 68.5. The van der Waals surface area contributed by atoms with Crippen LogP contribution < -0.4 is 0 Å². The Bertz CT molecular complexity index is 1270. The van der Waals surface area contributed by atoms with Gasteiger partial charge in [0.25, 0.3) is 0 Å². The molecule has 0 radical (unpaired) electrons. The van der Waals surface area contributed by atoms with Gasteiger partial charge in [-0.05, 0) is 116 Å². The van der Waals surface area contributed by atoms with Crippen LogP contribution in [0.2, 0.25) is 0 Å². The lowest BCUT2D eigenvalue weighted by atomic mass is 10.1. The van der Waals surface area contributed by atoms with Gasteiger partial charge < -0.3 is 14.2 Å². The molecule has 0 rings (SSSR count). The summed E-state index contributed by atoms with van der Waals surface area (Å²) in [6, 6.07) is 0. The minimum atomic E-state index is -0.792. The molecule has 1 unspecified atom stereocenters. The molecular weight excluding hydrogens is 805 g/mol. The second kappa shape index (κ2) is 53.2. The normalized spacial score (nSPS) is 12.7. The lowest BCUT2D eigenvalue weighted by molar-refractivity contribution is -0.167. The third-order valence-electron chi connectivity index (χ3n) is 11.4. The van der Waals surface area contributed by atoms with Crippen molar-refractivity contribution in [1.82, 2.24) is 0 Å². The first kappa shape index (κ1) is 61.6. The van der Waals surface area contributed by atoms with Gasteiger partial charge in [-0.25, -0.2) is 0 Å². The van der Waals surface area contributed by atoms with E-state index in [4.69, 9.17) is 14.2 Å². The van der Waals surface area contributed by atoms with E-state index in [2.05, 4.69) is 106 Å². The summed E-state index contributed by atoms with van der Waals surface area (Å²) in [5.41, 5.74) is 0. The molecule has 0 fully saturated rings. The van der Waals surface area contributed by atoms with Gasteiger partial charge in [-0.1, -0.05) is 202 Å². The van der Waals surface area contributed by atoms with Gasteiger partial charge in [0.05, 0.1) is 0 Å². The first-order valence-electron chi connectivity index (χ1n) is 27.1. The second-order valence-electron chi connectivity index (χ2n) is 17.7. The van der Waals surface area contributed by atoms with Crippen LogP contribution in [0.5, 0.6) is 0 Å². The minimum absolute atomic E-state index is 0.0907. The second-order valence-corrected chi connectivity index (χ2v) is 17.7. The standard InChI is InChI=1S/C59H100O6/c1-4-7-10-13-16-19-22-25-27-28-29-30-31-32-33-35-37-40-43-46-49-52-58(61)64-55-56(54-63-57(60)51-48-45-42-39-36-24-21-18-15-12-9-6-3)65-59(62)53-50-47-44-41-38-34-26-23-20-17-14-11-8-5-2/h7,10,16,18-19,21,23,25-27,29-30,32-33,56H,4-6,8-9,11-15,17,20,22,24,28,31,34-55H2,1-3H3/b10-7-,19-16-,21-18-,26-23-,27-25-,30-29-,33-32-. The van der Waals surface area contributed by atoms with Crippen LogP contribution in [0.25, 0.3) is 0 Å². The summed E-state index contributed by atoms with van der Waals surface area (Å²) in [7, 11) is 0. The Balaban J connectivity index is 4.41. The third-order valence-corrected chi connectivity index (χ3v) is 11.4. The van der Waals surface area contributed by atoms with Crippen molar-refractivity contribution in [2.75, 3.05) is 13.2 Å². The highest BCUT2D eigenvalue weighted by Crippen LogP contribution is 2.14. The summed E-state index contributed by atoms with van der Waals surface area (Å²) < 4.78 is 16.8. The van der Waals surface area contributed by atoms with Crippen LogP contribution in [0, 0.1) is 0 Å². The Hall–Kier alpha value is -3.41. The van der Waals surface area contributed by atoms with E-state index < -0.39 is 6.10 Å². The van der Waals surface area contributed by atoms with Gasteiger partial charge in [-0.3, -0.25) is 14.4 Å². The molecule has 0 spiro atoms. The van der Waals surface area contributed by atoms with Gasteiger partial charge in [-0.15, -0.1) is 0 Å². The number of carbonyl (C=O) groups is 3. The van der Waals surface area contributed by atoms with E-state index in [-0.39, 0.29) is 31.1 Å². The fraction of sp³-hybridized carbons (Fsp3) is 0.712. The number of hydrogen-bond donors (Lipinski definition) is 0. The molecule has 0 saturated heterocycles. The van der Waals surface area contributed by atoms with Crippen molar-refractivity contribution in [2.45, 2.75) is 258 Å². The maximum absolute atomic E-state index is 12.8. The molecule has 0 saturated carbocycles. The predicted molar refractivity (Wildman–Crippen MR) is 279 cm³/mol. The van der Waals surface area contributed by atoms with Gasteiger partial charge >= 0.3 is 17.9 Å². The van der Waals surface area contributed by atoms with Crippen molar-refractivity contribution in [3.63, 3.8) is 0 Å². The lowest BCUT2D eigenvalue weighted by Crippen LogP contribution is -2.30. The fourth-order valence-corrected chi connectivity index (χ4v) is 7.28. The average molecular weight is 905 g/mol. The quantitative estimate of drug-likeness (QED) is 0.0262. The van der Waals surface area contributed by atoms with Gasteiger partial charge in [0.2, 0.25) is 0 Å². The molecule has 0 aliphatic heterocycles. The predicted octanol–water partition coefficient (Wildman–Crippen LogP) is 18.0. The number of rotatable bonds is 48. The van der Waals surface area contributed by atoms with E-state index in [0.29, 0.717) is 19.3 Å². The summed E-state index contributed by atoms with van der Waals surface area (Å²) in [6.45, 7) is 6.46. The highest BCUT2D eigenvalue weighted by molar-refractivity contribution is 5.71. The van der Waals surface area contributed by atoms with E-state index in [1.807, 2.05) is 0 Å². The molecule has 0 aliphatic rings. The Kier molecular flexibility index (Phi) is 50.4. The molecule has 1 atom stereocenters. The van der Waals surface area contributed by atoms with Crippen molar-refractivity contribution >= 4 is 17.9 Å². The molecule has 0 bridgehead atoms. The van der Waals surface area contributed by atoms with Gasteiger partial charge in [0.15, 0.2) is 6.10 Å². The Labute approximate surface area is 401 Å². The first-order valence-corrected chi connectivity index (χ1v) is 27.1. The molecule has 372 valence electrons. The Morgan fingerprint density at radius 2 is 0.600 bits per heavy atom. The maximum Gasteiger partial charge on any atom is 0.306 e. The van der Waals surface area contributed by atoms with E-state index in [1.54, 1.807) is 0 Å². The highest BCUT2D eigenvalue weighted by atomic mass is 16.6. The molecule has 0 heterocycles. The summed E-state index contributed by atoms with van der Waals surface area (Å²) in [4.78, 5) is 38.0. The van der Waals surface area contributed by atoms with E-state index in [1.165, 1.54) is 83.5 Å². The molecule has 65 heavy (non-hydrogen) atoms. The van der Waals surface area contributed by atoms with Gasteiger partial charge in [-0.2, -0.15) is 0 Å². The van der Waals surface area contributed by atoms with E-state index in [9.17, 15) is 14.4 Å². The first-order chi connectivity index (χ1) is 32.0. The zero-order chi connectivity index (χ0) is 47.2. The van der Waals surface area contributed by atoms with Crippen LogP contribution in [0.4, 0.5) is 0 Å². The number of unbranched alkanes of at least 4 members (excludes halogenated alkanes) is 23. The van der Waals surface area contributed by atoms with Crippen molar-refractivity contribution < 1.29 is 28.6 Å². The smallest absolute Gasteiger partial charge is 0.306 e. The maximum atomic E-state index is 12.8. The Morgan fingerprint density at radius 1 is 0.323 bits per heavy atom. The van der Waals surface area contributed by atoms with Crippen LogP contribution >= 0.6 is 0 Å². The number of hydrogen-bond acceptors (Lipinski definition) is 6. The highest BCUT2D eigenvalue weighted by Gasteiger charge is 2.19. The van der Waals surface area contributed by atoms with Crippen LogP contribution in [0.3, 0.4) is 0 Å². The zero-order valence-electron chi connectivity index (χ0n) is 42.5. The van der Waals surface area contributed by atoms with Crippen LogP contribution in [0.15, 0.2) is 85.1 Å². The molecular formula is C59H100O6. The topological polar surface area (TPSA) is 78.9 Å². The largest absolute Gasteiger partial charge is 0.462 e. The van der Waals surface area contributed by atoms with Gasteiger partial charge in [0.1, 0.15) is 13.2 Å². The van der Waals surface area contributed by atoms with Crippen LogP contribution in [-0.4, -0.2) is 37.2 Å². The van der Waals surface area contributed by atoms with Crippen molar-refractivity contribution in [1.29, 1.82) is 0 Å². The van der Waals surface area contributed by atoms with Crippen molar-refractivity contribution in [2.24, 2.45) is 0 Å². The molecule has 6 nitrogen and oxygen atoms in total. The molecule has 0 aromatic carbocycles. The van der Waals surface area contributed by atoms with Crippen molar-refractivity contribution in [3.8, 4) is 0 Å². The number of ether oxygens (including phenoxy) is 3. The lowest BCUT2D eigenvalue weighted by Gasteiger charge is -2.18. The number of esters is 3. The number of carbonyl (C=O) groups excluding carboxylic acids is 3.